The van der Waals surface area contributed by atoms with E-state index >= 15 is 0 Å². The Balaban J connectivity index is 1.51. The average Bonchev–Trinajstić information content (AvgIpc) is 3.05. The first-order chi connectivity index (χ1) is 12.0. The van der Waals surface area contributed by atoms with Crippen LogP contribution in [-0.2, 0) is 6.42 Å². The van der Waals surface area contributed by atoms with Crippen LogP contribution in [0.4, 0.5) is 0 Å². The molecular formula is C19H22N6. The third kappa shape index (κ3) is 2.77. The van der Waals surface area contributed by atoms with E-state index in [2.05, 4.69) is 46.4 Å². The van der Waals surface area contributed by atoms with Crippen molar-refractivity contribution >= 4 is 11.4 Å². The van der Waals surface area contributed by atoms with E-state index < -0.39 is 0 Å². The monoisotopic (exact) mass is 334 g/mol. The predicted octanol–water partition coefficient (Wildman–Crippen LogP) is 2.83. The Morgan fingerprint density at radius 1 is 1.12 bits per heavy atom. The number of rotatable bonds is 3. The van der Waals surface area contributed by atoms with Crippen molar-refractivity contribution in [2.75, 3.05) is 0 Å². The highest BCUT2D eigenvalue weighted by atomic mass is 15.3. The Bertz CT molecular complexity index is 934. The molecular weight excluding hydrogens is 312 g/mol. The number of nitrogens with one attached hydrogen (secondary N) is 1. The van der Waals surface area contributed by atoms with Gasteiger partial charge in [-0.05, 0) is 51.3 Å². The van der Waals surface area contributed by atoms with Gasteiger partial charge in [0.1, 0.15) is 0 Å². The zero-order chi connectivity index (χ0) is 17.6. The molecule has 0 saturated heterocycles. The molecule has 1 unspecified atom stereocenters. The molecule has 3 heterocycles. The Kier molecular flexibility index (Phi) is 3.75. The number of nitrogens with zero attached hydrogens (tertiary/aromatic N) is 5. The standard InChI is InChI=1S/C19H22N6/c1-11-5-7-16-18(13(11)3)21-10-15(22-16)6-8-17-23-19-14(4)20-9-12(2)25(19)24-17/h5,7,9-10,18,21H,6,8H2,1-4H3. The minimum absolute atomic E-state index is 0.207. The summed E-state index contributed by atoms with van der Waals surface area (Å²) in [5, 5.41) is 8.08. The van der Waals surface area contributed by atoms with Gasteiger partial charge in [0, 0.05) is 18.8 Å². The van der Waals surface area contributed by atoms with Gasteiger partial charge in [-0.1, -0.05) is 6.08 Å². The van der Waals surface area contributed by atoms with Crippen LogP contribution in [0.1, 0.15) is 37.5 Å². The third-order valence-corrected chi connectivity index (χ3v) is 4.90. The van der Waals surface area contributed by atoms with Crippen LogP contribution >= 0.6 is 0 Å². The van der Waals surface area contributed by atoms with E-state index in [0.717, 1.165) is 47.1 Å². The molecule has 0 saturated carbocycles. The Morgan fingerprint density at radius 3 is 2.76 bits per heavy atom. The van der Waals surface area contributed by atoms with E-state index in [1.54, 1.807) is 0 Å². The fraction of sp³-hybridized carbons (Fsp3) is 0.368. The van der Waals surface area contributed by atoms with Gasteiger partial charge < -0.3 is 5.32 Å². The first kappa shape index (κ1) is 15.7. The van der Waals surface area contributed by atoms with Crippen molar-refractivity contribution < 1.29 is 0 Å². The molecule has 2 aromatic rings. The maximum absolute atomic E-state index is 4.81. The van der Waals surface area contributed by atoms with E-state index in [0.29, 0.717) is 0 Å². The average molecular weight is 334 g/mol. The molecule has 2 aromatic heterocycles. The molecule has 4 rings (SSSR count). The maximum atomic E-state index is 4.81. The second-order valence-corrected chi connectivity index (χ2v) is 6.72. The van der Waals surface area contributed by atoms with Crippen LogP contribution in [0.3, 0.4) is 0 Å². The molecule has 1 N–H and O–H groups in total. The van der Waals surface area contributed by atoms with E-state index in [4.69, 9.17) is 4.99 Å². The summed E-state index contributed by atoms with van der Waals surface area (Å²) in [7, 11) is 0. The van der Waals surface area contributed by atoms with Crippen molar-refractivity contribution in [1.82, 2.24) is 24.9 Å². The first-order valence-corrected chi connectivity index (χ1v) is 8.60. The van der Waals surface area contributed by atoms with E-state index in [1.165, 1.54) is 11.1 Å². The maximum Gasteiger partial charge on any atom is 0.177 e. The van der Waals surface area contributed by atoms with Crippen LogP contribution in [0.15, 0.2) is 46.4 Å². The fourth-order valence-electron chi connectivity index (χ4n) is 3.19. The molecule has 0 amide bonds. The summed E-state index contributed by atoms with van der Waals surface area (Å²) in [6.45, 7) is 8.24. The van der Waals surface area contributed by atoms with Gasteiger partial charge in [0.15, 0.2) is 11.5 Å². The van der Waals surface area contributed by atoms with Gasteiger partial charge in [-0.25, -0.2) is 9.50 Å². The number of aromatic nitrogens is 4. The summed E-state index contributed by atoms with van der Waals surface area (Å²) in [5.74, 6) is 0.827. The van der Waals surface area contributed by atoms with Crippen molar-refractivity contribution in [3.8, 4) is 0 Å². The largest absolute Gasteiger partial charge is 0.378 e. The molecule has 6 nitrogen and oxygen atoms in total. The van der Waals surface area contributed by atoms with Crippen LogP contribution in [-0.4, -0.2) is 31.3 Å². The van der Waals surface area contributed by atoms with Gasteiger partial charge in [0.05, 0.1) is 28.8 Å². The van der Waals surface area contributed by atoms with Gasteiger partial charge in [-0.15, -0.1) is 0 Å². The molecule has 128 valence electrons. The lowest BCUT2D eigenvalue weighted by atomic mass is 9.92. The summed E-state index contributed by atoms with van der Waals surface area (Å²) < 4.78 is 1.87. The van der Waals surface area contributed by atoms with Gasteiger partial charge in [0.25, 0.3) is 0 Å². The molecule has 1 aliphatic heterocycles. The summed E-state index contributed by atoms with van der Waals surface area (Å²) in [5.41, 5.74) is 7.48. The highest BCUT2D eigenvalue weighted by Gasteiger charge is 2.22. The summed E-state index contributed by atoms with van der Waals surface area (Å²) in [6.07, 6.45) is 9.66. The lowest BCUT2D eigenvalue weighted by molar-refractivity contribution is 0.755. The smallest absolute Gasteiger partial charge is 0.177 e. The Labute approximate surface area is 147 Å². The number of hydrogen-bond donors (Lipinski definition) is 1. The molecule has 2 aliphatic rings. The van der Waals surface area contributed by atoms with Gasteiger partial charge in [-0.3, -0.25) is 9.98 Å². The third-order valence-electron chi connectivity index (χ3n) is 4.90. The fourth-order valence-corrected chi connectivity index (χ4v) is 3.19. The molecule has 0 radical (unpaired) electrons. The predicted molar refractivity (Wildman–Crippen MR) is 98.5 cm³/mol. The quantitative estimate of drug-likeness (QED) is 0.937. The topological polar surface area (TPSA) is 67.5 Å². The SMILES string of the molecule is CC1=C(C)C2NC=C(CCc3nc4c(C)ncc(C)n4n3)N=C2C=C1. The van der Waals surface area contributed by atoms with Crippen molar-refractivity contribution in [2.45, 2.75) is 46.6 Å². The van der Waals surface area contributed by atoms with Crippen LogP contribution < -0.4 is 5.32 Å². The molecule has 0 fully saturated rings. The van der Waals surface area contributed by atoms with Crippen LogP contribution in [0.2, 0.25) is 0 Å². The van der Waals surface area contributed by atoms with Crippen LogP contribution in [0.25, 0.3) is 5.65 Å². The number of aliphatic imine (C=N–C) groups is 1. The Morgan fingerprint density at radius 2 is 1.96 bits per heavy atom. The number of allylic oxidation sites excluding steroid dienone is 3. The summed E-state index contributed by atoms with van der Waals surface area (Å²) >= 11 is 0. The minimum Gasteiger partial charge on any atom is -0.378 e. The van der Waals surface area contributed by atoms with E-state index in [9.17, 15) is 0 Å². The van der Waals surface area contributed by atoms with Gasteiger partial charge in [-0.2, -0.15) is 5.10 Å². The summed E-state index contributed by atoms with van der Waals surface area (Å²) in [4.78, 5) is 13.8. The molecule has 25 heavy (non-hydrogen) atoms. The normalized spacial score (nSPS) is 19.6. The first-order valence-electron chi connectivity index (χ1n) is 8.60. The summed E-state index contributed by atoms with van der Waals surface area (Å²) in [6, 6.07) is 0.207. The van der Waals surface area contributed by atoms with Crippen LogP contribution in [0.5, 0.6) is 0 Å². The number of fused-ring (bicyclic) bond motifs is 2. The van der Waals surface area contributed by atoms with Crippen molar-refractivity contribution in [2.24, 2.45) is 4.99 Å². The zero-order valence-corrected chi connectivity index (χ0v) is 15.0. The molecule has 0 spiro atoms. The second-order valence-electron chi connectivity index (χ2n) is 6.72. The molecule has 0 bridgehead atoms. The molecule has 1 atom stereocenters. The molecule has 1 aliphatic carbocycles. The van der Waals surface area contributed by atoms with E-state index in [1.807, 2.05) is 30.8 Å². The highest BCUT2D eigenvalue weighted by molar-refractivity contribution is 6.04. The van der Waals surface area contributed by atoms with Crippen molar-refractivity contribution in [1.29, 1.82) is 0 Å². The van der Waals surface area contributed by atoms with Gasteiger partial charge >= 0.3 is 0 Å². The van der Waals surface area contributed by atoms with E-state index in [-0.39, 0.29) is 6.04 Å². The lowest BCUT2D eigenvalue weighted by Gasteiger charge is -2.27. The number of hydrogen-bond acceptors (Lipinski definition) is 5. The van der Waals surface area contributed by atoms with Gasteiger partial charge in [0.2, 0.25) is 0 Å². The lowest BCUT2D eigenvalue weighted by Crippen LogP contribution is -2.38. The minimum atomic E-state index is 0.207. The highest BCUT2D eigenvalue weighted by Crippen LogP contribution is 2.22. The number of aryl methyl sites for hydroxylation is 3. The van der Waals surface area contributed by atoms with Crippen LogP contribution in [0, 0.1) is 13.8 Å². The zero-order valence-electron chi connectivity index (χ0n) is 15.0. The molecule has 6 heteroatoms. The van der Waals surface area contributed by atoms with Crippen molar-refractivity contribution in [3.05, 3.63) is 58.6 Å². The molecule has 0 aromatic carbocycles. The van der Waals surface area contributed by atoms with Crippen molar-refractivity contribution in [3.63, 3.8) is 0 Å². The second kappa shape index (κ2) is 5.95. The Hall–Kier alpha value is -2.76.